The van der Waals surface area contributed by atoms with E-state index < -0.39 is 11.9 Å². The van der Waals surface area contributed by atoms with E-state index in [0.717, 1.165) is 5.56 Å². The number of methoxy groups -OCH3 is 1. The summed E-state index contributed by atoms with van der Waals surface area (Å²) in [6.07, 6.45) is 3.48. The maximum Gasteiger partial charge on any atom is 0.336 e. The Balaban J connectivity index is 2.30. The average molecular weight is 312 g/mol. The van der Waals surface area contributed by atoms with Crippen molar-refractivity contribution in [3.8, 4) is 11.5 Å². The molecule has 0 atom stereocenters. The molecule has 0 aliphatic heterocycles. The first kappa shape index (κ1) is 16.3. The number of carboxylic acids is 1. The first-order valence-corrected chi connectivity index (χ1v) is 6.88. The quantitative estimate of drug-likeness (QED) is 0.520. The van der Waals surface area contributed by atoms with Gasteiger partial charge in [-0.25, -0.2) is 4.79 Å². The number of carbonyl (C=O) groups excluding carboxylic acids is 1. The summed E-state index contributed by atoms with van der Waals surface area (Å²) in [5, 5.41) is 9.16. The van der Waals surface area contributed by atoms with Crippen LogP contribution in [0.5, 0.6) is 11.5 Å². The van der Waals surface area contributed by atoms with E-state index in [0.29, 0.717) is 17.1 Å². The Kier molecular flexibility index (Phi) is 5.15. The summed E-state index contributed by atoms with van der Waals surface area (Å²) in [4.78, 5) is 22.2. The first-order valence-electron chi connectivity index (χ1n) is 6.88. The highest BCUT2D eigenvalue weighted by Gasteiger charge is 2.08. The van der Waals surface area contributed by atoms with E-state index in [1.807, 2.05) is 0 Å². The number of esters is 1. The molecule has 2 aromatic carbocycles. The highest BCUT2D eigenvalue weighted by molar-refractivity contribution is 5.93. The molecule has 2 aromatic rings. The van der Waals surface area contributed by atoms with Crippen LogP contribution in [0.3, 0.4) is 0 Å². The maximum atomic E-state index is 11.2. The molecule has 0 saturated carbocycles. The summed E-state index contributed by atoms with van der Waals surface area (Å²) in [6.45, 7) is 1.32. The molecule has 23 heavy (non-hydrogen) atoms. The first-order chi connectivity index (χ1) is 11.0. The van der Waals surface area contributed by atoms with Crippen molar-refractivity contribution in [3.05, 3.63) is 59.2 Å². The second-order valence-corrected chi connectivity index (χ2v) is 4.73. The minimum absolute atomic E-state index is 0.229. The molecule has 2 rings (SSSR count). The summed E-state index contributed by atoms with van der Waals surface area (Å²) >= 11 is 0. The van der Waals surface area contributed by atoms with Gasteiger partial charge in [0.2, 0.25) is 0 Å². The molecule has 0 fully saturated rings. The van der Waals surface area contributed by atoms with Gasteiger partial charge in [-0.3, -0.25) is 4.79 Å². The van der Waals surface area contributed by atoms with Crippen LogP contribution in [0, 0.1) is 0 Å². The van der Waals surface area contributed by atoms with E-state index in [4.69, 9.17) is 14.6 Å². The fraction of sp³-hybridized carbons (Fsp3) is 0.111. The van der Waals surface area contributed by atoms with Gasteiger partial charge < -0.3 is 14.6 Å². The van der Waals surface area contributed by atoms with Gasteiger partial charge in [-0.15, -0.1) is 0 Å². The summed E-state index contributed by atoms with van der Waals surface area (Å²) in [6, 6.07) is 11.8. The third-order valence-corrected chi connectivity index (χ3v) is 3.09. The van der Waals surface area contributed by atoms with Gasteiger partial charge in [-0.2, -0.15) is 0 Å². The fourth-order valence-electron chi connectivity index (χ4n) is 2.05. The number of hydrogen-bond acceptors (Lipinski definition) is 4. The van der Waals surface area contributed by atoms with Crippen LogP contribution in [0.15, 0.2) is 42.5 Å². The summed E-state index contributed by atoms with van der Waals surface area (Å²) in [5.74, 6) is -0.646. The fourth-order valence-corrected chi connectivity index (χ4v) is 2.05. The molecule has 0 heterocycles. The Morgan fingerprint density at radius 1 is 1.04 bits per heavy atom. The van der Waals surface area contributed by atoms with Crippen LogP contribution in [0.4, 0.5) is 0 Å². The Labute approximate surface area is 133 Å². The van der Waals surface area contributed by atoms with E-state index in [1.165, 1.54) is 14.0 Å². The molecule has 0 aliphatic rings. The predicted octanol–water partition coefficient (Wildman–Crippen LogP) is 3.49. The van der Waals surface area contributed by atoms with Crippen molar-refractivity contribution < 1.29 is 24.2 Å². The van der Waals surface area contributed by atoms with Gasteiger partial charge in [-0.1, -0.05) is 36.4 Å². The molecule has 0 saturated heterocycles. The van der Waals surface area contributed by atoms with E-state index in [2.05, 4.69) is 0 Å². The van der Waals surface area contributed by atoms with Crippen LogP contribution in [-0.4, -0.2) is 24.2 Å². The Morgan fingerprint density at radius 3 is 2.43 bits per heavy atom. The highest BCUT2D eigenvalue weighted by atomic mass is 16.6. The lowest BCUT2D eigenvalue weighted by Gasteiger charge is -2.08. The van der Waals surface area contributed by atoms with Gasteiger partial charge in [-0.05, 0) is 29.3 Å². The zero-order valence-corrected chi connectivity index (χ0v) is 12.8. The van der Waals surface area contributed by atoms with Crippen LogP contribution >= 0.6 is 0 Å². The minimum Gasteiger partial charge on any atom is -0.493 e. The number of rotatable bonds is 5. The number of benzene rings is 2. The van der Waals surface area contributed by atoms with Crippen molar-refractivity contribution in [3.63, 3.8) is 0 Å². The summed E-state index contributed by atoms with van der Waals surface area (Å²) in [5.41, 5.74) is 1.62. The second kappa shape index (κ2) is 7.26. The summed E-state index contributed by atoms with van der Waals surface area (Å²) < 4.78 is 10.2. The molecule has 0 unspecified atom stereocenters. The van der Waals surface area contributed by atoms with Crippen molar-refractivity contribution in [1.82, 2.24) is 0 Å². The molecule has 0 spiro atoms. The summed E-state index contributed by atoms with van der Waals surface area (Å²) in [7, 11) is 1.48. The predicted molar refractivity (Wildman–Crippen MR) is 86.6 cm³/mol. The van der Waals surface area contributed by atoms with Crippen molar-refractivity contribution in [2.45, 2.75) is 6.92 Å². The molecule has 118 valence electrons. The third kappa shape index (κ3) is 4.20. The van der Waals surface area contributed by atoms with Crippen LogP contribution < -0.4 is 9.47 Å². The molecular formula is C18H16O5. The lowest BCUT2D eigenvalue weighted by Crippen LogP contribution is -2.03. The van der Waals surface area contributed by atoms with Gasteiger partial charge in [0.05, 0.1) is 12.7 Å². The van der Waals surface area contributed by atoms with Crippen molar-refractivity contribution in [2.24, 2.45) is 0 Å². The maximum absolute atomic E-state index is 11.2. The minimum atomic E-state index is -0.979. The number of hydrogen-bond donors (Lipinski definition) is 1. The number of carbonyl (C=O) groups is 2. The molecule has 0 radical (unpaired) electrons. The van der Waals surface area contributed by atoms with E-state index in [9.17, 15) is 9.59 Å². The van der Waals surface area contributed by atoms with Crippen LogP contribution in [0.25, 0.3) is 12.2 Å². The third-order valence-electron chi connectivity index (χ3n) is 3.09. The average Bonchev–Trinajstić information content (AvgIpc) is 2.53. The van der Waals surface area contributed by atoms with Crippen molar-refractivity contribution in [1.29, 1.82) is 0 Å². The van der Waals surface area contributed by atoms with Gasteiger partial charge in [0.15, 0.2) is 11.5 Å². The molecular weight excluding hydrogens is 296 g/mol. The molecule has 5 nitrogen and oxygen atoms in total. The van der Waals surface area contributed by atoms with Crippen molar-refractivity contribution in [2.75, 3.05) is 7.11 Å². The number of carboxylic acid groups (broad SMARTS) is 1. The Hall–Kier alpha value is -3.08. The topological polar surface area (TPSA) is 72.8 Å². The lowest BCUT2D eigenvalue weighted by atomic mass is 10.1. The monoisotopic (exact) mass is 312 g/mol. The van der Waals surface area contributed by atoms with Gasteiger partial charge in [0.25, 0.3) is 0 Å². The smallest absolute Gasteiger partial charge is 0.336 e. The number of ether oxygens (including phenoxy) is 2. The molecule has 0 bridgehead atoms. The molecule has 1 N–H and O–H groups in total. The normalized spacial score (nSPS) is 10.5. The zero-order valence-electron chi connectivity index (χ0n) is 12.8. The van der Waals surface area contributed by atoms with Gasteiger partial charge >= 0.3 is 11.9 Å². The molecule has 0 amide bonds. The number of aromatic carboxylic acids is 1. The second-order valence-electron chi connectivity index (χ2n) is 4.73. The van der Waals surface area contributed by atoms with Gasteiger partial charge in [0, 0.05) is 6.92 Å². The Morgan fingerprint density at radius 2 is 1.78 bits per heavy atom. The van der Waals surface area contributed by atoms with Gasteiger partial charge in [0.1, 0.15) is 0 Å². The van der Waals surface area contributed by atoms with Crippen LogP contribution in [-0.2, 0) is 4.79 Å². The molecule has 5 heteroatoms. The van der Waals surface area contributed by atoms with E-state index >= 15 is 0 Å². The molecule has 0 aliphatic carbocycles. The van der Waals surface area contributed by atoms with Crippen LogP contribution in [0.2, 0.25) is 0 Å². The Bertz CT molecular complexity index is 762. The largest absolute Gasteiger partial charge is 0.493 e. The van der Waals surface area contributed by atoms with Crippen molar-refractivity contribution >= 4 is 24.1 Å². The lowest BCUT2D eigenvalue weighted by molar-refractivity contribution is -0.132. The molecule has 0 aromatic heterocycles. The standard InChI is InChI=1S/C18H16O5/c1-12(19)23-16-10-8-13(11-17(16)22-2)7-9-14-5-3-4-6-15(14)18(20)21/h3-11H,1-2H3,(H,20,21). The SMILES string of the molecule is COc1cc(C=Cc2ccccc2C(=O)O)ccc1OC(C)=O. The van der Waals surface area contributed by atoms with Crippen LogP contribution in [0.1, 0.15) is 28.4 Å². The van der Waals surface area contributed by atoms with E-state index in [-0.39, 0.29) is 5.56 Å². The highest BCUT2D eigenvalue weighted by Crippen LogP contribution is 2.29. The zero-order chi connectivity index (χ0) is 16.8. The van der Waals surface area contributed by atoms with E-state index in [1.54, 1.807) is 54.6 Å².